The van der Waals surface area contributed by atoms with Gasteiger partial charge in [0.2, 0.25) is 5.27 Å². The maximum Gasteiger partial charge on any atom is 0.301 e. The van der Waals surface area contributed by atoms with Crippen molar-refractivity contribution in [3.8, 4) is 0 Å². The quantitative estimate of drug-likeness (QED) is 0.730. The first-order valence-corrected chi connectivity index (χ1v) is 6.74. The van der Waals surface area contributed by atoms with Gasteiger partial charge in [-0.15, -0.1) is 0 Å². The van der Waals surface area contributed by atoms with Crippen LogP contribution in [0.25, 0.3) is 12.2 Å². The molecule has 2 heterocycles. The predicted octanol–water partition coefficient (Wildman–Crippen LogP) is 2.55. The topological polar surface area (TPSA) is 69.1 Å². The van der Waals surface area contributed by atoms with Crippen LogP contribution in [0.5, 0.6) is 0 Å². The Morgan fingerprint density at radius 2 is 1.95 bits per heavy atom. The average molecular weight is 282 g/mol. The van der Waals surface area contributed by atoms with Crippen molar-refractivity contribution in [2.45, 2.75) is 13.0 Å². The fourth-order valence-corrected chi connectivity index (χ4v) is 2.07. The van der Waals surface area contributed by atoms with Crippen LogP contribution < -0.4 is 10.4 Å². The van der Waals surface area contributed by atoms with Crippen LogP contribution in [-0.4, -0.2) is 5.27 Å². The zero-order valence-electron chi connectivity index (χ0n) is 11.5. The summed E-state index contributed by atoms with van der Waals surface area (Å²) < 4.78 is 12.1. The highest BCUT2D eigenvalue weighted by atomic mass is 16.5. The first-order valence-electron chi connectivity index (χ1n) is 6.74. The number of nitrogen functional groups attached to an aromatic ring is 1. The number of aryl methyl sites for hydroxylation is 2. The Bertz CT molecular complexity index is 715. The number of nitrogens with zero attached hydrogens (tertiary/aromatic N) is 2. The van der Waals surface area contributed by atoms with E-state index in [9.17, 15) is 0 Å². The van der Waals surface area contributed by atoms with Gasteiger partial charge in [0.05, 0.1) is 6.26 Å². The second kappa shape index (κ2) is 6.09. The lowest BCUT2D eigenvalue weighted by molar-refractivity contribution is -0.763. The number of hydrogen-bond acceptors (Lipinski definition) is 4. The highest BCUT2D eigenvalue weighted by molar-refractivity contribution is 5.67. The van der Waals surface area contributed by atoms with Crippen LogP contribution >= 0.6 is 0 Å². The molecular weight excluding hydrogens is 266 g/mol. The molecule has 0 fully saturated rings. The van der Waals surface area contributed by atoms with Gasteiger partial charge in [-0.25, -0.2) is 0 Å². The minimum Gasteiger partial charge on any atom is -0.465 e. The normalized spacial score (nSPS) is 11.2. The molecule has 0 atom stereocenters. The Morgan fingerprint density at radius 3 is 2.71 bits per heavy atom. The predicted molar refractivity (Wildman–Crippen MR) is 78.9 cm³/mol. The van der Waals surface area contributed by atoms with Crippen molar-refractivity contribution >= 4 is 18.0 Å². The molecule has 2 N–H and O–H groups in total. The van der Waals surface area contributed by atoms with E-state index < -0.39 is 0 Å². The third-order valence-electron chi connectivity index (χ3n) is 3.17. The van der Waals surface area contributed by atoms with Crippen LogP contribution in [0.1, 0.15) is 17.0 Å². The lowest BCUT2D eigenvalue weighted by Crippen LogP contribution is -2.39. The molecule has 21 heavy (non-hydrogen) atoms. The zero-order chi connectivity index (χ0) is 14.5. The van der Waals surface area contributed by atoms with E-state index in [1.165, 1.54) is 5.56 Å². The first kappa shape index (κ1) is 13.2. The molecule has 0 unspecified atom stereocenters. The Balaban J connectivity index is 1.74. The van der Waals surface area contributed by atoms with Gasteiger partial charge in [0.15, 0.2) is 6.54 Å². The largest absolute Gasteiger partial charge is 0.465 e. The van der Waals surface area contributed by atoms with Crippen LogP contribution in [0.4, 0.5) is 5.88 Å². The molecule has 0 bridgehead atoms. The molecule has 0 aliphatic rings. The van der Waals surface area contributed by atoms with Gasteiger partial charge in [0.25, 0.3) is 5.69 Å². The summed E-state index contributed by atoms with van der Waals surface area (Å²) >= 11 is 0. The molecule has 0 saturated carbocycles. The van der Waals surface area contributed by atoms with Gasteiger partial charge in [-0.05, 0) is 28.5 Å². The molecule has 5 heteroatoms. The number of aromatic nitrogens is 2. The van der Waals surface area contributed by atoms with Crippen molar-refractivity contribution in [3.05, 3.63) is 65.7 Å². The number of hydrogen-bond donors (Lipinski definition) is 1. The monoisotopic (exact) mass is 282 g/mol. The van der Waals surface area contributed by atoms with E-state index in [4.69, 9.17) is 14.7 Å². The number of nitrogens with two attached hydrogens (primary N) is 1. The fraction of sp³-hybridized carbons (Fsp3) is 0.125. The maximum absolute atomic E-state index is 5.82. The Hall–Kier alpha value is -2.82. The SMILES string of the molecule is Nc1on[n+](CCc2ccccc2)c1/C=C/c1ccco1. The minimum absolute atomic E-state index is 0.297. The van der Waals surface area contributed by atoms with Gasteiger partial charge in [-0.2, -0.15) is 0 Å². The number of benzene rings is 1. The van der Waals surface area contributed by atoms with Gasteiger partial charge in [-0.1, -0.05) is 30.3 Å². The van der Waals surface area contributed by atoms with Gasteiger partial charge in [-0.3, -0.25) is 4.52 Å². The van der Waals surface area contributed by atoms with Crippen LogP contribution in [-0.2, 0) is 13.0 Å². The summed E-state index contributed by atoms with van der Waals surface area (Å²) in [6.07, 6.45) is 6.16. The maximum atomic E-state index is 5.82. The van der Waals surface area contributed by atoms with Crippen LogP contribution in [0.2, 0.25) is 0 Å². The molecule has 0 radical (unpaired) electrons. The molecule has 0 aliphatic carbocycles. The van der Waals surface area contributed by atoms with Crippen LogP contribution in [0.15, 0.2) is 57.7 Å². The second-order valence-electron chi connectivity index (χ2n) is 4.63. The lowest BCUT2D eigenvalue weighted by Gasteiger charge is -1.95. The van der Waals surface area contributed by atoms with E-state index in [0.717, 1.165) is 17.9 Å². The smallest absolute Gasteiger partial charge is 0.301 e. The van der Waals surface area contributed by atoms with Crippen molar-refractivity contribution < 1.29 is 13.6 Å². The van der Waals surface area contributed by atoms with E-state index >= 15 is 0 Å². The molecule has 0 amide bonds. The molecule has 0 saturated heterocycles. The second-order valence-corrected chi connectivity index (χ2v) is 4.63. The molecule has 5 nitrogen and oxygen atoms in total. The first-order chi connectivity index (χ1) is 10.3. The molecule has 1 aromatic carbocycles. The summed E-state index contributed by atoms with van der Waals surface area (Å²) in [5, 5.41) is 3.97. The van der Waals surface area contributed by atoms with Crippen molar-refractivity contribution in [1.29, 1.82) is 0 Å². The number of rotatable bonds is 5. The summed E-state index contributed by atoms with van der Waals surface area (Å²) in [6, 6.07) is 13.9. The highest BCUT2D eigenvalue weighted by Gasteiger charge is 2.19. The van der Waals surface area contributed by atoms with E-state index in [1.54, 1.807) is 10.9 Å². The molecule has 3 rings (SSSR count). The van der Waals surface area contributed by atoms with Crippen molar-refractivity contribution in [2.24, 2.45) is 0 Å². The highest BCUT2D eigenvalue weighted by Crippen LogP contribution is 2.11. The van der Waals surface area contributed by atoms with E-state index in [2.05, 4.69) is 17.4 Å². The molecule has 106 valence electrons. The summed E-state index contributed by atoms with van der Waals surface area (Å²) in [6.45, 7) is 0.697. The summed E-state index contributed by atoms with van der Waals surface area (Å²) in [4.78, 5) is 0. The summed E-state index contributed by atoms with van der Waals surface area (Å²) in [5.41, 5.74) is 7.80. The van der Waals surface area contributed by atoms with Gasteiger partial charge >= 0.3 is 5.88 Å². The molecule has 0 aliphatic heterocycles. The van der Waals surface area contributed by atoms with Crippen molar-refractivity contribution in [2.75, 3.05) is 5.73 Å². The molecule has 0 spiro atoms. The van der Waals surface area contributed by atoms with E-state index in [0.29, 0.717) is 12.4 Å². The molecule has 2 aromatic heterocycles. The average Bonchev–Trinajstić information content (AvgIpc) is 3.14. The Kier molecular flexibility index (Phi) is 3.82. The molecule has 3 aromatic rings. The third kappa shape index (κ3) is 3.20. The summed E-state index contributed by atoms with van der Waals surface area (Å²) in [7, 11) is 0. The third-order valence-corrected chi connectivity index (χ3v) is 3.17. The van der Waals surface area contributed by atoms with E-state index in [-0.39, 0.29) is 0 Å². The van der Waals surface area contributed by atoms with Crippen molar-refractivity contribution in [1.82, 2.24) is 5.27 Å². The van der Waals surface area contributed by atoms with Gasteiger partial charge in [0, 0.05) is 12.5 Å². The number of furan rings is 1. The minimum atomic E-state index is 0.297. The Morgan fingerprint density at radius 1 is 1.10 bits per heavy atom. The lowest BCUT2D eigenvalue weighted by atomic mass is 10.1. The summed E-state index contributed by atoms with van der Waals surface area (Å²) in [5.74, 6) is 1.05. The standard InChI is InChI=1S/C16H16N3O2/c17-16-15(9-8-14-7-4-12-20-14)19(18-21-16)11-10-13-5-2-1-3-6-13/h1-9,12H,10-11,17H2/q+1/b9-8+. The van der Waals surface area contributed by atoms with Gasteiger partial charge in [0.1, 0.15) is 5.76 Å². The number of anilines is 1. The Labute approximate surface area is 122 Å². The van der Waals surface area contributed by atoms with Crippen LogP contribution in [0, 0.1) is 0 Å². The van der Waals surface area contributed by atoms with Crippen LogP contribution in [0.3, 0.4) is 0 Å². The fourth-order valence-electron chi connectivity index (χ4n) is 2.07. The molecular formula is C16H16N3O2+. The van der Waals surface area contributed by atoms with Crippen molar-refractivity contribution in [3.63, 3.8) is 0 Å². The zero-order valence-corrected chi connectivity index (χ0v) is 11.5. The van der Waals surface area contributed by atoms with Gasteiger partial charge < -0.3 is 10.2 Å². The van der Waals surface area contributed by atoms with E-state index in [1.807, 2.05) is 42.5 Å².